The number of rotatable bonds is 4. The Bertz CT molecular complexity index is 823. The maximum Gasteiger partial charge on any atom is 0.191 e. The van der Waals surface area contributed by atoms with Crippen LogP contribution in [0.25, 0.3) is 0 Å². The molecule has 1 aromatic heterocycles. The third kappa shape index (κ3) is 4.86. The van der Waals surface area contributed by atoms with Gasteiger partial charge >= 0.3 is 0 Å². The monoisotopic (exact) mass is 366 g/mol. The maximum absolute atomic E-state index is 5.88. The largest absolute Gasteiger partial charge is 0.331 e. The fourth-order valence-corrected chi connectivity index (χ4v) is 2.46. The Morgan fingerprint density at radius 2 is 1.64 bits per heavy atom. The minimum absolute atomic E-state index is 0.381. The number of benzene rings is 2. The number of hydrogen-bond donors (Lipinski definition) is 2. The molecule has 124 valence electrons. The Hall–Kier alpha value is -2.76. The minimum atomic E-state index is 0.381. The highest BCUT2D eigenvalue weighted by Crippen LogP contribution is 2.13. The Kier molecular flexibility index (Phi) is 5.72. The third-order valence-electron chi connectivity index (χ3n) is 3.33. The summed E-state index contributed by atoms with van der Waals surface area (Å²) in [7, 11) is 0. The Balaban J connectivity index is 1.79. The molecule has 0 fully saturated rings. The maximum atomic E-state index is 5.88. The van der Waals surface area contributed by atoms with E-state index < -0.39 is 0 Å². The van der Waals surface area contributed by atoms with Gasteiger partial charge in [0.05, 0.1) is 5.69 Å². The van der Waals surface area contributed by atoms with Gasteiger partial charge in [0.15, 0.2) is 5.11 Å². The van der Waals surface area contributed by atoms with Gasteiger partial charge in [-0.3, -0.25) is 10.4 Å². The van der Waals surface area contributed by atoms with Crippen LogP contribution < -0.4 is 10.7 Å². The summed E-state index contributed by atoms with van der Waals surface area (Å²) >= 11 is 11.2. The average molecular weight is 367 g/mol. The summed E-state index contributed by atoms with van der Waals surface area (Å²) in [6, 6.07) is 22.8. The van der Waals surface area contributed by atoms with Crippen LogP contribution in [-0.4, -0.2) is 15.8 Å². The van der Waals surface area contributed by atoms with Crippen LogP contribution in [0.15, 0.2) is 84.1 Å². The molecule has 0 saturated heterocycles. The zero-order valence-corrected chi connectivity index (χ0v) is 14.8. The van der Waals surface area contributed by atoms with Gasteiger partial charge in [0.2, 0.25) is 0 Å². The van der Waals surface area contributed by atoms with E-state index in [1.165, 1.54) is 0 Å². The summed E-state index contributed by atoms with van der Waals surface area (Å²) in [5.41, 5.74) is 6.12. The van der Waals surface area contributed by atoms with Crippen molar-refractivity contribution in [3.63, 3.8) is 0 Å². The fourth-order valence-electron chi connectivity index (χ4n) is 2.17. The first-order valence-electron chi connectivity index (χ1n) is 7.59. The quantitative estimate of drug-likeness (QED) is 0.406. The highest BCUT2D eigenvalue weighted by atomic mass is 35.5. The number of nitrogens with one attached hydrogen (secondary N) is 2. The lowest BCUT2D eigenvalue weighted by atomic mass is 10.1. The number of aromatic nitrogens is 1. The molecule has 0 saturated carbocycles. The van der Waals surface area contributed by atoms with E-state index >= 15 is 0 Å². The topological polar surface area (TPSA) is 49.3 Å². The lowest BCUT2D eigenvalue weighted by molar-refractivity contribution is 1.04. The molecule has 0 amide bonds. The molecule has 6 heteroatoms. The van der Waals surface area contributed by atoms with Gasteiger partial charge in [-0.2, -0.15) is 5.10 Å². The second-order valence-electron chi connectivity index (χ2n) is 5.11. The van der Waals surface area contributed by atoms with Gasteiger partial charge in [-0.05, 0) is 48.6 Å². The zero-order chi connectivity index (χ0) is 17.5. The molecule has 2 aromatic carbocycles. The van der Waals surface area contributed by atoms with E-state index in [2.05, 4.69) is 20.8 Å². The lowest BCUT2D eigenvalue weighted by Crippen LogP contribution is -2.25. The molecular weight excluding hydrogens is 352 g/mol. The predicted octanol–water partition coefficient (Wildman–Crippen LogP) is 4.47. The Morgan fingerprint density at radius 3 is 2.32 bits per heavy atom. The summed E-state index contributed by atoms with van der Waals surface area (Å²) in [6.45, 7) is 0. The van der Waals surface area contributed by atoms with Crippen molar-refractivity contribution in [1.82, 2.24) is 10.4 Å². The van der Waals surface area contributed by atoms with Crippen LogP contribution in [0, 0.1) is 0 Å². The van der Waals surface area contributed by atoms with Gasteiger partial charge in [-0.1, -0.05) is 48.0 Å². The Morgan fingerprint density at radius 1 is 0.920 bits per heavy atom. The van der Waals surface area contributed by atoms with E-state index in [9.17, 15) is 0 Å². The molecule has 0 aliphatic rings. The SMILES string of the molecule is S=C(N/N=C(/c1ccccc1)c1ccccn1)Nc1ccc(Cl)cc1. The van der Waals surface area contributed by atoms with Gasteiger partial charge in [-0.25, -0.2) is 0 Å². The van der Waals surface area contributed by atoms with Crippen LogP contribution >= 0.6 is 23.8 Å². The van der Waals surface area contributed by atoms with Crippen LogP contribution in [0.3, 0.4) is 0 Å². The molecule has 0 radical (unpaired) electrons. The molecule has 0 aliphatic carbocycles. The smallest absolute Gasteiger partial charge is 0.191 e. The van der Waals surface area contributed by atoms with Gasteiger partial charge in [-0.15, -0.1) is 0 Å². The van der Waals surface area contributed by atoms with Gasteiger partial charge in [0.1, 0.15) is 5.71 Å². The summed E-state index contributed by atoms with van der Waals surface area (Å²) in [6.07, 6.45) is 1.73. The van der Waals surface area contributed by atoms with E-state index in [1.807, 2.05) is 60.7 Å². The molecule has 0 aliphatic heterocycles. The normalized spacial score (nSPS) is 11.0. The number of pyridine rings is 1. The van der Waals surface area contributed by atoms with E-state index in [4.69, 9.17) is 23.8 Å². The first kappa shape index (κ1) is 17.1. The first-order valence-corrected chi connectivity index (χ1v) is 8.38. The predicted molar refractivity (Wildman–Crippen MR) is 107 cm³/mol. The molecule has 0 atom stereocenters. The molecule has 1 heterocycles. The van der Waals surface area contributed by atoms with Crippen LogP contribution in [0.1, 0.15) is 11.3 Å². The van der Waals surface area contributed by atoms with Crippen molar-refractivity contribution in [2.45, 2.75) is 0 Å². The van der Waals surface area contributed by atoms with Crippen molar-refractivity contribution >= 4 is 40.3 Å². The van der Waals surface area contributed by atoms with Crippen LogP contribution in [0.4, 0.5) is 5.69 Å². The number of hydrazone groups is 1. The third-order valence-corrected chi connectivity index (χ3v) is 3.77. The molecule has 3 aromatic rings. The standard InChI is InChI=1S/C19H15ClN4S/c20-15-9-11-16(12-10-15)22-19(25)24-23-18(14-6-2-1-3-7-14)17-8-4-5-13-21-17/h1-13H,(H2,22,24,25)/b23-18-. The fraction of sp³-hybridized carbons (Fsp3) is 0. The molecule has 3 rings (SSSR count). The van der Waals surface area contributed by atoms with E-state index in [-0.39, 0.29) is 0 Å². The van der Waals surface area contributed by atoms with Gasteiger partial charge < -0.3 is 5.32 Å². The molecule has 2 N–H and O–H groups in total. The second kappa shape index (κ2) is 8.37. The van der Waals surface area contributed by atoms with Crippen LogP contribution in [0.5, 0.6) is 0 Å². The van der Waals surface area contributed by atoms with Crippen LogP contribution in [0.2, 0.25) is 5.02 Å². The van der Waals surface area contributed by atoms with Crippen molar-refractivity contribution in [3.8, 4) is 0 Å². The van der Waals surface area contributed by atoms with Gasteiger partial charge in [0, 0.05) is 22.5 Å². The molecular formula is C19H15ClN4S. The summed E-state index contributed by atoms with van der Waals surface area (Å²) < 4.78 is 0. The molecule has 0 bridgehead atoms. The summed E-state index contributed by atoms with van der Waals surface area (Å²) in [4.78, 5) is 4.38. The lowest BCUT2D eigenvalue weighted by Gasteiger charge is -2.10. The van der Waals surface area contributed by atoms with Crippen molar-refractivity contribution in [3.05, 3.63) is 95.3 Å². The highest BCUT2D eigenvalue weighted by molar-refractivity contribution is 7.80. The van der Waals surface area contributed by atoms with Crippen molar-refractivity contribution < 1.29 is 0 Å². The number of nitrogens with zero attached hydrogens (tertiary/aromatic N) is 2. The number of anilines is 1. The summed E-state index contributed by atoms with van der Waals surface area (Å²) in [5.74, 6) is 0. The first-order chi connectivity index (χ1) is 12.2. The van der Waals surface area contributed by atoms with Crippen LogP contribution in [-0.2, 0) is 0 Å². The highest BCUT2D eigenvalue weighted by Gasteiger charge is 2.08. The van der Waals surface area contributed by atoms with E-state index in [1.54, 1.807) is 18.3 Å². The summed E-state index contributed by atoms with van der Waals surface area (Å²) in [5, 5.41) is 8.57. The minimum Gasteiger partial charge on any atom is -0.331 e. The van der Waals surface area contributed by atoms with Crippen molar-refractivity contribution in [1.29, 1.82) is 0 Å². The number of thiocarbonyl (C=S) groups is 1. The second-order valence-corrected chi connectivity index (χ2v) is 5.96. The molecule has 0 spiro atoms. The number of halogens is 1. The Labute approximate surface area is 156 Å². The zero-order valence-electron chi connectivity index (χ0n) is 13.2. The van der Waals surface area contributed by atoms with Crippen molar-refractivity contribution in [2.75, 3.05) is 5.32 Å². The molecule has 0 unspecified atom stereocenters. The van der Waals surface area contributed by atoms with Crippen molar-refractivity contribution in [2.24, 2.45) is 5.10 Å². The molecule has 25 heavy (non-hydrogen) atoms. The number of hydrogen-bond acceptors (Lipinski definition) is 3. The van der Waals surface area contributed by atoms with Gasteiger partial charge in [0.25, 0.3) is 0 Å². The molecule has 4 nitrogen and oxygen atoms in total. The average Bonchev–Trinajstić information content (AvgIpc) is 2.66. The van der Waals surface area contributed by atoms with E-state index in [0.29, 0.717) is 15.8 Å². The van der Waals surface area contributed by atoms with E-state index in [0.717, 1.165) is 16.9 Å².